The molecule has 0 fully saturated rings. The molecule has 6 heteroatoms. The molecule has 0 radical (unpaired) electrons. The first-order valence-corrected chi connectivity index (χ1v) is 5.67. The van der Waals surface area contributed by atoms with Crippen LogP contribution in [0.25, 0.3) is 0 Å². The molecule has 1 amide bonds. The first kappa shape index (κ1) is 12.2. The van der Waals surface area contributed by atoms with E-state index in [9.17, 15) is 4.79 Å². The highest BCUT2D eigenvalue weighted by Crippen LogP contribution is 2.05. The molecule has 15 heavy (non-hydrogen) atoms. The average molecular weight is 275 g/mol. The van der Waals surface area contributed by atoms with Gasteiger partial charge in [-0.05, 0) is 22.5 Å². The Bertz CT molecular complexity index is 313. The second-order valence-electron chi connectivity index (χ2n) is 3.06. The summed E-state index contributed by atoms with van der Waals surface area (Å²) in [5, 5.41) is 9.92. The zero-order chi connectivity index (χ0) is 11.1. The molecule has 1 aromatic heterocycles. The van der Waals surface area contributed by atoms with E-state index < -0.39 is 0 Å². The van der Waals surface area contributed by atoms with Crippen LogP contribution >= 0.6 is 15.9 Å². The highest BCUT2D eigenvalue weighted by Gasteiger charge is 2.02. The van der Waals surface area contributed by atoms with Gasteiger partial charge in [0.2, 0.25) is 5.91 Å². The molecule has 0 unspecified atom stereocenters. The van der Waals surface area contributed by atoms with Gasteiger partial charge in [0.25, 0.3) is 0 Å². The lowest BCUT2D eigenvalue weighted by molar-refractivity contribution is -0.121. The molecule has 0 saturated heterocycles. The van der Waals surface area contributed by atoms with E-state index in [4.69, 9.17) is 0 Å². The van der Waals surface area contributed by atoms with Crippen molar-refractivity contribution in [2.45, 2.75) is 13.5 Å². The fourth-order valence-electron chi connectivity index (χ4n) is 1.09. The summed E-state index contributed by atoms with van der Waals surface area (Å²) in [6.07, 6.45) is 3.43. The van der Waals surface area contributed by atoms with Crippen LogP contribution in [0.3, 0.4) is 0 Å². The van der Waals surface area contributed by atoms with Crippen molar-refractivity contribution in [1.82, 2.24) is 20.4 Å². The van der Waals surface area contributed by atoms with Gasteiger partial charge in [-0.25, -0.2) is 0 Å². The number of nitrogens with zero attached hydrogens (tertiary/aromatic N) is 2. The van der Waals surface area contributed by atoms with Crippen LogP contribution in [0.2, 0.25) is 0 Å². The van der Waals surface area contributed by atoms with Crippen molar-refractivity contribution >= 4 is 21.8 Å². The summed E-state index contributed by atoms with van der Waals surface area (Å²) in [7, 11) is 0. The SMILES string of the molecule is CCNCCNC(=O)Cn1cc(Br)cn1. The van der Waals surface area contributed by atoms with Gasteiger partial charge in [-0.2, -0.15) is 5.10 Å². The van der Waals surface area contributed by atoms with Gasteiger partial charge in [0.1, 0.15) is 6.54 Å². The van der Waals surface area contributed by atoms with Gasteiger partial charge in [0.15, 0.2) is 0 Å². The number of amides is 1. The number of nitrogens with one attached hydrogen (secondary N) is 2. The molecule has 5 nitrogen and oxygen atoms in total. The predicted octanol–water partition coefficient (Wildman–Crippen LogP) is 0.371. The van der Waals surface area contributed by atoms with Crippen LogP contribution in [0.5, 0.6) is 0 Å². The molecule has 0 bridgehead atoms. The number of hydrogen-bond acceptors (Lipinski definition) is 3. The molecule has 0 aromatic carbocycles. The Morgan fingerprint density at radius 3 is 3.00 bits per heavy atom. The molecule has 0 spiro atoms. The summed E-state index contributed by atoms with van der Waals surface area (Å²) in [6.45, 7) is 4.66. The van der Waals surface area contributed by atoms with Gasteiger partial charge in [-0.3, -0.25) is 9.48 Å². The van der Waals surface area contributed by atoms with Gasteiger partial charge < -0.3 is 10.6 Å². The quantitative estimate of drug-likeness (QED) is 0.737. The van der Waals surface area contributed by atoms with E-state index in [0.29, 0.717) is 6.54 Å². The topological polar surface area (TPSA) is 58.9 Å². The summed E-state index contributed by atoms with van der Waals surface area (Å²) in [5.74, 6) is -0.0245. The lowest BCUT2D eigenvalue weighted by Crippen LogP contribution is -2.33. The smallest absolute Gasteiger partial charge is 0.241 e. The lowest BCUT2D eigenvalue weighted by atomic mass is 10.5. The van der Waals surface area contributed by atoms with Crippen LogP contribution in [0.4, 0.5) is 0 Å². The second kappa shape index (κ2) is 6.58. The Morgan fingerprint density at radius 2 is 2.40 bits per heavy atom. The first-order chi connectivity index (χ1) is 7.22. The predicted molar refractivity (Wildman–Crippen MR) is 61.5 cm³/mol. The fourth-order valence-corrected chi connectivity index (χ4v) is 1.42. The van der Waals surface area contributed by atoms with Gasteiger partial charge >= 0.3 is 0 Å². The number of aromatic nitrogens is 2. The number of hydrogen-bond donors (Lipinski definition) is 2. The Labute approximate surface area is 97.4 Å². The van der Waals surface area contributed by atoms with E-state index in [2.05, 4.69) is 31.7 Å². The highest BCUT2D eigenvalue weighted by atomic mass is 79.9. The molecule has 0 saturated carbocycles. The minimum Gasteiger partial charge on any atom is -0.353 e. The highest BCUT2D eigenvalue weighted by molar-refractivity contribution is 9.10. The van der Waals surface area contributed by atoms with E-state index in [-0.39, 0.29) is 12.5 Å². The van der Waals surface area contributed by atoms with E-state index in [0.717, 1.165) is 17.6 Å². The van der Waals surface area contributed by atoms with Crippen LogP contribution in [0.1, 0.15) is 6.92 Å². The molecular formula is C9H15BrN4O. The van der Waals surface area contributed by atoms with Crippen LogP contribution in [-0.2, 0) is 11.3 Å². The summed E-state index contributed by atoms with van der Waals surface area (Å²) >= 11 is 3.27. The van der Waals surface area contributed by atoms with Crippen molar-refractivity contribution < 1.29 is 4.79 Å². The lowest BCUT2D eigenvalue weighted by Gasteiger charge is -2.05. The zero-order valence-electron chi connectivity index (χ0n) is 8.66. The van der Waals surface area contributed by atoms with Crippen LogP contribution in [0, 0.1) is 0 Å². The van der Waals surface area contributed by atoms with Crippen molar-refractivity contribution in [1.29, 1.82) is 0 Å². The third-order valence-corrected chi connectivity index (χ3v) is 2.19. The average Bonchev–Trinajstić information content (AvgIpc) is 2.59. The summed E-state index contributed by atoms with van der Waals surface area (Å²) in [6, 6.07) is 0. The van der Waals surface area contributed by atoms with Gasteiger partial charge in [0, 0.05) is 19.3 Å². The molecular weight excluding hydrogens is 260 g/mol. The molecule has 0 aliphatic rings. The molecule has 1 heterocycles. The van der Waals surface area contributed by atoms with Crippen LogP contribution in [0.15, 0.2) is 16.9 Å². The third kappa shape index (κ3) is 4.94. The van der Waals surface area contributed by atoms with Crippen LogP contribution in [-0.4, -0.2) is 35.3 Å². The van der Waals surface area contributed by atoms with Crippen molar-refractivity contribution in [3.63, 3.8) is 0 Å². The summed E-state index contributed by atoms with van der Waals surface area (Å²) < 4.78 is 2.47. The minimum atomic E-state index is -0.0245. The molecule has 2 N–H and O–H groups in total. The van der Waals surface area contributed by atoms with Gasteiger partial charge in [-0.1, -0.05) is 6.92 Å². The molecule has 1 aromatic rings. The number of rotatable bonds is 6. The van der Waals surface area contributed by atoms with Gasteiger partial charge in [0.05, 0.1) is 10.7 Å². The Hall–Kier alpha value is -0.880. The maximum atomic E-state index is 11.4. The molecule has 0 atom stereocenters. The van der Waals surface area contributed by atoms with Gasteiger partial charge in [-0.15, -0.1) is 0 Å². The number of halogens is 1. The fraction of sp³-hybridized carbons (Fsp3) is 0.556. The monoisotopic (exact) mass is 274 g/mol. The minimum absolute atomic E-state index is 0.0245. The zero-order valence-corrected chi connectivity index (χ0v) is 10.2. The molecule has 84 valence electrons. The molecule has 0 aliphatic heterocycles. The number of likely N-dealkylation sites (N-methyl/N-ethyl adjacent to an activating group) is 1. The normalized spacial score (nSPS) is 10.3. The number of carbonyl (C=O) groups is 1. The Balaban J connectivity index is 2.18. The second-order valence-corrected chi connectivity index (χ2v) is 3.98. The number of carbonyl (C=O) groups excluding carboxylic acids is 1. The molecule has 1 rings (SSSR count). The van der Waals surface area contributed by atoms with Crippen molar-refractivity contribution in [3.8, 4) is 0 Å². The Kier molecular flexibility index (Phi) is 5.34. The summed E-state index contributed by atoms with van der Waals surface area (Å²) in [4.78, 5) is 11.4. The van der Waals surface area contributed by atoms with E-state index in [1.807, 2.05) is 6.92 Å². The van der Waals surface area contributed by atoms with Crippen LogP contribution < -0.4 is 10.6 Å². The summed E-state index contributed by atoms with van der Waals surface area (Å²) in [5.41, 5.74) is 0. The standard InChI is InChI=1S/C9H15BrN4O/c1-2-11-3-4-12-9(15)7-14-6-8(10)5-13-14/h5-6,11H,2-4,7H2,1H3,(H,12,15). The van der Waals surface area contributed by atoms with Crippen molar-refractivity contribution in [2.75, 3.05) is 19.6 Å². The first-order valence-electron chi connectivity index (χ1n) is 4.87. The van der Waals surface area contributed by atoms with Crippen molar-refractivity contribution in [3.05, 3.63) is 16.9 Å². The maximum absolute atomic E-state index is 11.4. The van der Waals surface area contributed by atoms with E-state index in [1.54, 1.807) is 17.1 Å². The maximum Gasteiger partial charge on any atom is 0.241 e. The molecule has 0 aliphatic carbocycles. The Morgan fingerprint density at radius 1 is 1.60 bits per heavy atom. The van der Waals surface area contributed by atoms with E-state index >= 15 is 0 Å². The third-order valence-electron chi connectivity index (χ3n) is 1.78. The van der Waals surface area contributed by atoms with Crippen molar-refractivity contribution in [2.24, 2.45) is 0 Å². The van der Waals surface area contributed by atoms with E-state index in [1.165, 1.54) is 0 Å². The largest absolute Gasteiger partial charge is 0.353 e.